The molecule has 2 aromatic carbocycles. The lowest BCUT2D eigenvalue weighted by atomic mass is 10.1. The first kappa shape index (κ1) is 22.5. The first-order chi connectivity index (χ1) is 13.6. The van der Waals surface area contributed by atoms with Gasteiger partial charge in [0.05, 0.1) is 11.6 Å². The van der Waals surface area contributed by atoms with Gasteiger partial charge in [-0.2, -0.15) is 0 Å². The minimum absolute atomic E-state index is 0.466. The van der Waals surface area contributed by atoms with Crippen LogP contribution in [0.3, 0.4) is 0 Å². The van der Waals surface area contributed by atoms with E-state index in [0.29, 0.717) is 29.7 Å². The first-order valence-electron chi connectivity index (χ1n) is 10.1. The average Bonchev–Trinajstić information content (AvgIpc) is 2.69. The van der Waals surface area contributed by atoms with Gasteiger partial charge in [0, 0.05) is 19.6 Å². The number of likely N-dealkylation sites (N-methyl/N-ethyl adjacent to an activating group) is 1. The van der Waals surface area contributed by atoms with E-state index in [-0.39, 0.29) is 0 Å². The van der Waals surface area contributed by atoms with Crippen molar-refractivity contribution in [3.05, 3.63) is 58.1 Å². The van der Waals surface area contributed by atoms with Gasteiger partial charge in [0.1, 0.15) is 6.61 Å². The monoisotopic (exact) mass is 404 g/mol. The SMILES string of the molecule is CCOc1cc(CNCCN(CC)CC)cc(Cl)c1OCc1ccccc1C. The predicted molar refractivity (Wildman–Crippen MR) is 118 cm³/mol. The molecule has 0 aliphatic carbocycles. The molecule has 28 heavy (non-hydrogen) atoms. The molecule has 1 N–H and O–H groups in total. The number of halogens is 1. The molecule has 5 heteroatoms. The number of nitrogens with zero attached hydrogens (tertiary/aromatic N) is 1. The van der Waals surface area contributed by atoms with Gasteiger partial charge in [0.2, 0.25) is 0 Å². The zero-order valence-corrected chi connectivity index (χ0v) is 18.3. The van der Waals surface area contributed by atoms with Crippen molar-refractivity contribution in [1.29, 1.82) is 0 Å². The van der Waals surface area contributed by atoms with Crippen LogP contribution in [0.1, 0.15) is 37.5 Å². The van der Waals surface area contributed by atoms with Crippen molar-refractivity contribution >= 4 is 11.6 Å². The second kappa shape index (κ2) is 11.9. The van der Waals surface area contributed by atoms with Crippen molar-refractivity contribution in [2.75, 3.05) is 32.8 Å². The van der Waals surface area contributed by atoms with E-state index < -0.39 is 0 Å². The van der Waals surface area contributed by atoms with E-state index in [1.807, 2.05) is 31.2 Å². The number of hydrogen-bond donors (Lipinski definition) is 1. The molecule has 0 amide bonds. The molecule has 2 rings (SSSR count). The summed E-state index contributed by atoms with van der Waals surface area (Å²) in [6.07, 6.45) is 0. The molecule has 0 fully saturated rings. The maximum absolute atomic E-state index is 6.54. The molecular formula is C23H33ClN2O2. The highest BCUT2D eigenvalue weighted by Crippen LogP contribution is 2.37. The van der Waals surface area contributed by atoms with E-state index >= 15 is 0 Å². The molecule has 0 aliphatic rings. The van der Waals surface area contributed by atoms with Gasteiger partial charge in [0.15, 0.2) is 11.5 Å². The third-order valence-electron chi connectivity index (χ3n) is 4.83. The van der Waals surface area contributed by atoms with Crippen LogP contribution in [-0.4, -0.2) is 37.7 Å². The standard InChI is InChI=1S/C23H33ClN2O2/c1-5-26(6-2)13-12-25-16-19-14-21(24)23(22(15-19)27-7-3)28-17-20-11-9-8-10-18(20)4/h8-11,14-15,25H,5-7,12-13,16-17H2,1-4H3. The first-order valence-corrected chi connectivity index (χ1v) is 10.5. The Hall–Kier alpha value is -1.75. The molecule has 0 aliphatic heterocycles. The zero-order valence-electron chi connectivity index (χ0n) is 17.6. The zero-order chi connectivity index (χ0) is 20.4. The fourth-order valence-corrected chi connectivity index (χ4v) is 3.35. The molecule has 0 saturated heterocycles. The van der Waals surface area contributed by atoms with Gasteiger partial charge in [-0.1, -0.05) is 49.7 Å². The Kier molecular flexibility index (Phi) is 9.62. The molecular weight excluding hydrogens is 372 g/mol. The van der Waals surface area contributed by atoms with Crippen molar-refractivity contribution in [2.24, 2.45) is 0 Å². The minimum atomic E-state index is 0.466. The van der Waals surface area contributed by atoms with Crippen LogP contribution in [-0.2, 0) is 13.2 Å². The summed E-state index contributed by atoms with van der Waals surface area (Å²) in [6, 6.07) is 12.2. The minimum Gasteiger partial charge on any atom is -0.490 e. The van der Waals surface area contributed by atoms with Crippen molar-refractivity contribution in [3.63, 3.8) is 0 Å². The fourth-order valence-electron chi connectivity index (χ4n) is 3.06. The van der Waals surface area contributed by atoms with Crippen molar-refractivity contribution in [3.8, 4) is 11.5 Å². The Labute approximate surface area is 174 Å². The van der Waals surface area contributed by atoms with Crippen molar-refractivity contribution in [1.82, 2.24) is 10.2 Å². The van der Waals surface area contributed by atoms with Crippen LogP contribution in [0, 0.1) is 6.92 Å². The van der Waals surface area contributed by atoms with Gasteiger partial charge < -0.3 is 19.7 Å². The molecule has 4 nitrogen and oxygen atoms in total. The molecule has 0 spiro atoms. The van der Waals surface area contributed by atoms with E-state index in [1.54, 1.807) is 0 Å². The lowest BCUT2D eigenvalue weighted by Crippen LogP contribution is -2.31. The third kappa shape index (κ3) is 6.69. The maximum Gasteiger partial charge on any atom is 0.180 e. The lowest BCUT2D eigenvalue weighted by Gasteiger charge is -2.19. The summed E-state index contributed by atoms with van der Waals surface area (Å²) in [5, 5.41) is 4.07. The Bertz CT molecular complexity index is 733. The Morgan fingerprint density at radius 3 is 2.46 bits per heavy atom. The number of rotatable bonds is 12. The lowest BCUT2D eigenvalue weighted by molar-refractivity contribution is 0.268. The summed E-state index contributed by atoms with van der Waals surface area (Å²) >= 11 is 6.54. The normalized spacial score (nSPS) is 11.1. The smallest absolute Gasteiger partial charge is 0.180 e. The summed E-state index contributed by atoms with van der Waals surface area (Å²) < 4.78 is 11.9. The largest absolute Gasteiger partial charge is 0.490 e. The van der Waals surface area contributed by atoms with Gasteiger partial charge in [-0.15, -0.1) is 0 Å². The van der Waals surface area contributed by atoms with Gasteiger partial charge >= 0.3 is 0 Å². The molecule has 0 saturated carbocycles. The molecule has 0 bridgehead atoms. The van der Waals surface area contributed by atoms with E-state index in [2.05, 4.69) is 43.1 Å². The summed E-state index contributed by atoms with van der Waals surface area (Å²) in [5.41, 5.74) is 3.44. The third-order valence-corrected chi connectivity index (χ3v) is 5.11. The molecule has 0 radical (unpaired) electrons. The predicted octanol–water partition coefficient (Wildman–Crippen LogP) is 5.06. The van der Waals surface area contributed by atoms with E-state index in [1.165, 1.54) is 5.56 Å². The summed E-state index contributed by atoms with van der Waals surface area (Å²) in [5.74, 6) is 1.31. The Morgan fingerprint density at radius 2 is 1.79 bits per heavy atom. The van der Waals surface area contributed by atoms with Crippen LogP contribution >= 0.6 is 11.6 Å². The van der Waals surface area contributed by atoms with Gasteiger partial charge in [-0.3, -0.25) is 0 Å². The highest BCUT2D eigenvalue weighted by Gasteiger charge is 2.13. The van der Waals surface area contributed by atoms with Crippen LogP contribution < -0.4 is 14.8 Å². The topological polar surface area (TPSA) is 33.7 Å². The van der Waals surface area contributed by atoms with Crippen LogP contribution in [0.2, 0.25) is 5.02 Å². The maximum atomic E-state index is 6.54. The van der Waals surface area contributed by atoms with E-state index in [0.717, 1.165) is 43.9 Å². The number of aryl methyl sites for hydroxylation is 1. The quantitative estimate of drug-likeness (QED) is 0.501. The van der Waals surface area contributed by atoms with E-state index in [4.69, 9.17) is 21.1 Å². The van der Waals surface area contributed by atoms with Crippen LogP contribution in [0.5, 0.6) is 11.5 Å². The molecule has 0 heterocycles. The highest BCUT2D eigenvalue weighted by molar-refractivity contribution is 6.32. The van der Waals surface area contributed by atoms with E-state index in [9.17, 15) is 0 Å². The van der Waals surface area contributed by atoms with Crippen LogP contribution in [0.25, 0.3) is 0 Å². The number of nitrogens with one attached hydrogen (secondary N) is 1. The molecule has 0 unspecified atom stereocenters. The summed E-state index contributed by atoms with van der Waals surface area (Å²) in [7, 11) is 0. The van der Waals surface area contributed by atoms with Crippen LogP contribution in [0.15, 0.2) is 36.4 Å². The Morgan fingerprint density at radius 1 is 1.04 bits per heavy atom. The molecule has 2 aromatic rings. The van der Waals surface area contributed by atoms with Gasteiger partial charge in [-0.05, 0) is 55.8 Å². The molecule has 154 valence electrons. The number of hydrogen-bond acceptors (Lipinski definition) is 4. The number of ether oxygens (including phenoxy) is 2. The van der Waals surface area contributed by atoms with Crippen molar-refractivity contribution in [2.45, 2.75) is 40.8 Å². The average molecular weight is 405 g/mol. The van der Waals surface area contributed by atoms with Crippen molar-refractivity contribution < 1.29 is 9.47 Å². The van der Waals surface area contributed by atoms with Gasteiger partial charge in [0.25, 0.3) is 0 Å². The Balaban J connectivity index is 2.03. The second-order valence-electron chi connectivity index (χ2n) is 6.76. The molecule has 0 atom stereocenters. The second-order valence-corrected chi connectivity index (χ2v) is 7.16. The van der Waals surface area contributed by atoms with Crippen LogP contribution in [0.4, 0.5) is 0 Å². The fraction of sp³-hybridized carbons (Fsp3) is 0.478. The number of benzene rings is 2. The van der Waals surface area contributed by atoms with Gasteiger partial charge in [-0.25, -0.2) is 0 Å². The highest BCUT2D eigenvalue weighted by atomic mass is 35.5. The summed E-state index contributed by atoms with van der Waals surface area (Å²) in [6.45, 7) is 14.3. The molecule has 0 aromatic heterocycles. The summed E-state index contributed by atoms with van der Waals surface area (Å²) in [4.78, 5) is 2.40.